The summed E-state index contributed by atoms with van der Waals surface area (Å²) in [5.74, 6) is 8.03. The van der Waals surface area contributed by atoms with Gasteiger partial charge in [-0.3, -0.25) is 0 Å². The number of ether oxygens (including phenoxy) is 1. The second-order valence-electron chi connectivity index (χ2n) is 6.35. The van der Waals surface area contributed by atoms with Crippen molar-refractivity contribution in [3.05, 3.63) is 59.8 Å². The number of aromatic nitrogens is 3. The number of rotatable bonds is 4. The van der Waals surface area contributed by atoms with Gasteiger partial charge in [0.2, 0.25) is 0 Å². The third-order valence-corrected chi connectivity index (χ3v) is 4.24. The van der Waals surface area contributed by atoms with Crippen LogP contribution in [0.2, 0.25) is 0 Å². The zero-order valence-electron chi connectivity index (χ0n) is 14.4. The van der Waals surface area contributed by atoms with E-state index in [4.69, 9.17) is 9.26 Å². The van der Waals surface area contributed by atoms with E-state index in [1.165, 1.54) is 0 Å². The fourth-order valence-corrected chi connectivity index (χ4v) is 2.74. The maximum absolute atomic E-state index is 9.73. The first-order chi connectivity index (χ1) is 12.7. The summed E-state index contributed by atoms with van der Waals surface area (Å²) in [4.78, 5) is 4.16. The predicted molar refractivity (Wildman–Crippen MR) is 95.1 cm³/mol. The molecule has 26 heavy (non-hydrogen) atoms. The molecular formula is C20H19N3O3. The molecule has 0 amide bonds. The zero-order chi connectivity index (χ0) is 17.9. The van der Waals surface area contributed by atoms with Crippen molar-refractivity contribution >= 4 is 0 Å². The largest absolute Gasteiger partial charge is 0.385 e. The summed E-state index contributed by atoms with van der Waals surface area (Å²) in [6.07, 6.45) is 2.85. The van der Waals surface area contributed by atoms with Gasteiger partial charge in [-0.05, 0) is 31.2 Å². The van der Waals surface area contributed by atoms with Crippen molar-refractivity contribution < 1.29 is 14.4 Å². The summed E-state index contributed by atoms with van der Waals surface area (Å²) in [6.45, 7) is 3.66. The first kappa shape index (κ1) is 16.6. The molecule has 0 spiro atoms. The van der Waals surface area contributed by atoms with Gasteiger partial charge in [0.25, 0.3) is 0 Å². The smallest absolute Gasteiger partial charge is 0.167 e. The van der Waals surface area contributed by atoms with Crippen LogP contribution in [0, 0.1) is 17.8 Å². The minimum absolute atomic E-state index is 0.362. The van der Waals surface area contributed by atoms with E-state index in [0.717, 1.165) is 30.0 Å². The Balaban J connectivity index is 1.47. The molecule has 3 aromatic rings. The van der Waals surface area contributed by atoms with Crippen molar-refractivity contribution in [1.82, 2.24) is 14.7 Å². The topological polar surface area (TPSA) is 73.3 Å². The summed E-state index contributed by atoms with van der Waals surface area (Å²) in [5, 5.41) is 13.9. The molecule has 1 aromatic carbocycles. The SMILES string of the molecule is CC(O)c1nccn1Cc1cc(-c2ccc(C#CC3COC3)cc2)on1. The van der Waals surface area contributed by atoms with E-state index >= 15 is 0 Å². The lowest BCUT2D eigenvalue weighted by Crippen LogP contribution is -2.25. The quantitative estimate of drug-likeness (QED) is 0.733. The molecule has 3 heterocycles. The van der Waals surface area contributed by atoms with E-state index in [2.05, 4.69) is 22.0 Å². The van der Waals surface area contributed by atoms with Crippen LogP contribution in [0.15, 0.2) is 47.2 Å². The molecular weight excluding hydrogens is 330 g/mol. The molecule has 0 saturated carbocycles. The molecule has 6 nitrogen and oxygen atoms in total. The van der Waals surface area contributed by atoms with Crippen LogP contribution in [0.25, 0.3) is 11.3 Å². The molecule has 1 N–H and O–H groups in total. The van der Waals surface area contributed by atoms with Crippen LogP contribution in [0.1, 0.15) is 30.1 Å². The molecule has 0 radical (unpaired) electrons. The number of imidazole rings is 1. The predicted octanol–water partition coefficient (Wildman–Crippen LogP) is 2.64. The van der Waals surface area contributed by atoms with Crippen LogP contribution in [0.3, 0.4) is 0 Å². The Labute approximate surface area is 151 Å². The highest BCUT2D eigenvalue weighted by Gasteiger charge is 2.15. The fourth-order valence-electron chi connectivity index (χ4n) is 2.74. The lowest BCUT2D eigenvalue weighted by molar-refractivity contribution is -0.00300. The third-order valence-electron chi connectivity index (χ3n) is 4.24. The van der Waals surface area contributed by atoms with E-state index in [-0.39, 0.29) is 0 Å². The average molecular weight is 349 g/mol. The van der Waals surface area contributed by atoms with Gasteiger partial charge >= 0.3 is 0 Å². The van der Waals surface area contributed by atoms with Gasteiger partial charge < -0.3 is 18.9 Å². The first-order valence-corrected chi connectivity index (χ1v) is 8.53. The van der Waals surface area contributed by atoms with Crippen molar-refractivity contribution in [2.45, 2.75) is 19.6 Å². The van der Waals surface area contributed by atoms with Crippen LogP contribution in [0.5, 0.6) is 0 Å². The minimum Gasteiger partial charge on any atom is -0.385 e. The molecule has 6 heteroatoms. The van der Waals surface area contributed by atoms with Crippen molar-refractivity contribution in [2.24, 2.45) is 5.92 Å². The Morgan fingerprint density at radius 3 is 2.81 bits per heavy atom. The Hall–Kier alpha value is -2.88. The van der Waals surface area contributed by atoms with Gasteiger partial charge in [-0.25, -0.2) is 4.98 Å². The van der Waals surface area contributed by atoms with Crippen LogP contribution < -0.4 is 0 Å². The Kier molecular flexibility index (Phi) is 4.57. The zero-order valence-corrected chi connectivity index (χ0v) is 14.4. The van der Waals surface area contributed by atoms with Gasteiger partial charge in [-0.1, -0.05) is 17.0 Å². The second-order valence-corrected chi connectivity index (χ2v) is 6.35. The van der Waals surface area contributed by atoms with E-state index in [0.29, 0.717) is 24.0 Å². The van der Waals surface area contributed by atoms with Crippen LogP contribution in [-0.4, -0.2) is 33.0 Å². The van der Waals surface area contributed by atoms with Crippen LogP contribution >= 0.6 is 0 Å². The van der Waals surface area contributed by atoms with Crippen molar-refractivity contribution in [2.75, 3.05) is 13.2 Å². The molecule has 132 valence electrons. The molecule has 1 fully saturated rings. The normalized spacial score (nSPS) is 15.2. The number of hydrogen-bond acceptors (Lipinski definition) is 5. The van der Waals surface area contributed by atoms with E-state index in [1.807, 2.05) is 41.1 Å². The van der Waals surface area contributed by atoms with Crippen LogP contribution in [0.4, 0.5) is 0 Å². The lowest BCUT2D eigenvalue weighted by atomic mass is 10.1. The second kappa shape index (κ2) is 7.16. The summed E-state index contributed by atoms with van der Waals surface area (Å²) in [7, 11) is 0. The standard InChI is InChI=1S/C20H19N3O3/c1-14(24)20-21-8-9-23(20)11-18-10-19(26-22-18)17-6-4-15(5-7-17)2-3-16-12-25-13-16/h4-10,14,16,24H,11-13H2,1H3. The molecule has 0 bridgehead atoms. The number of aliphatic hydroxyl groups excluding tert-OH is 1. The van der Waals surface area contributed by atoms with Gasteiger partial charge in [-0.15, -0.1) is 0 Å². The summed E-state index contributed by atoms with van der Waals surface area (Å²) >= 11 is 0. The number of hydrogen-bond donors (Lipinski definition) is 1. The average Bonchev–Trinajstić information content (AvgIpc) is 3.24. The molecule has 1 unspecified atom stereocenters. The highest BCUT2D eigenvalue weighted by molar-refractivity contribution is 5.59. The minimum atomic E-state index is -0.628. The first-order valence-electron chi connectivity index (χ1n) is 8.53. The molecule has 1 saturated heterocycles. The number of nitrogens with zero attached hydrogens (tertiary/aromatic N) is 3. The third kappa shape index (κ3) is 3.54. The Morgan fingerprint density at radius 2 is 2.12 bits per heavy atom. The molecule has 2 aromatic heterocycles. The van der Waals surface area contributed by atoms with Gasteiger partial charge in [0.1, 0.15) is 17.6 Å². The highest BCUT2D eigenvalue weighted by atomic mass is 16.5. The summed E-state index contributed by atoms with van der Waals surface area (Å²) in [5.41, 5.74) is 2.69. The number of aliphatic hydroxyl groups is 1. The van der Waals surface area contributed by atoms with Gasteiger partial charge in [0, 0.05) is 29.6 Å². The molecule has 1 aliphatic heterocycles. The van der Waals surface area contributed by atoms with E-state index in [9.17, 15) is 5.11 Å². The van der Waals surface area contributed by atoms with Crippen molar-refractivity contribution in [1.29, 1.82) is 0 Å². The van der Waals surface area contributed by atoms with Crippen molar-refractivity contribution in [3.8, 4) is 23.2 Å². The summed E-state index contributed by atoms with van der Waals surface area (Å²) < 4.78 is 12.4. The van der Waals surface area contributed by atoms with Crippen LogP contribution in [-0.2, 0) is 11.3 Å². The molecule has 4 rings (SSSR count). The maximum Gasteiger partial charge on any atom is 0.167 e. The van der Waals surface area contributed by atoms with E-state index < -0.39 is 6.10 Å². The Morgan fingerprint density at radius 1 is 1.31 bits per heavy atom. The van der Waals surface area contributed by atoms with Gasteiger partial charge in [-0.2, -0.15) is 0 Å². The van der Waals surface area contributed by atoms with Crippen molar-refractivity contribution in [3.63, 3.8) is 0 Å². The van der Waals surface area contributed by atoms with Gasteiger partial charge in [0.05, 0.1) is 25.7 Å². The Bertz CT molecular complexity index is 941. The lowest BCUT2D eigenvalue weighted by Gasteiger charge is -2.19. The molecule has 1 atom stereocenters. The highest BCUT2D eigenvalue weighted by Crippen LogP contribution is 2.22. The maximum atomic E-state index is 9.73. The van der Waals surface area contributed by atoms with Gasteiger partial charge in [0.15, 0.2) is 5.76 Å². The van der Waals surface area contributed by atoms with E-state index in [1.54, 1.807) is 13.1 Å². The number of benzene rings is 1. The monoisotopic (exact) mass is 349 g/mol. The fraction of sp³-hybridized carbons (Fsp3) is 0.300. The summed E-state index contributed by atoms with van der Waals surface area (Å²) in [6, 6.07) is 9.81. The molecule has 0 aliphatic carbocycles. The molecule has 1 aliphatic rings.